The minimum absolute atomic E-state index is 0.373. The van der Waals surface area contributed by atoms with Crippen molar-refractivity contribution in [2.75, 3.05) is 0 Å². The summed E-state index contributed by atoms with van der Waals surface area (Å²) in [6, 6.07) is 4.19. The summed E-state index contributed by atoms with van der Waals surface area (Å²) in [5, 5.41) is 0. The van der Waals surface area contributed by atoms with Crippen LogP contribution in [0.3, 0.4) is 0 Å². The number of rotatable bonds is 2. The van der Waals surface area contributed by atoms with Crippen molar-refractivity contribution < 1.29 is 4.74 Å². The highest BCUT2D eigenvalue weighted by Crippen LogP contribution is 2.49. The van der Waals surface area contributed by atoms with Crippen LogP contribution in [-0.2, 0) is 4.74 Å². The van der Waals surface area contributed by atoms with Gasteiger partial charge in [0, 0.05) is 24.2 Å². The maximum Gasteiger partial charge on any atom is 0.0655 e. The van der Waals surface area contributed by atoms with E-state index in [1.54, 1.807) is 0 Å². The Hall–Kier alpha value is -1.37. The molecule has 0 aromatic carbocycles. The van der Waals surface area contributed by atoms with Gasteiger partial charge in [-0.25, -0.2) is 0 Å². The van der Waals surface area contributed by atoms with Crippen LogP contribution in [-0.4, -0.2) is 17.2 Å². The van der Waals surface area contributed by atoms with E-state index < -0.39 is 0 Å². The van der Waals surface area contributed by atoms with Crippen LogP contribution in [0.15, 0.2) is 42.9 Å². The highest BCUT2D eigenvalue weighted by molar-refractivity contribution is 5.25. The third-order valence-corrected chi connectivity index (χ3v) is 3.73. The average molecular weight is 213 g/mol. The molecule has 2 saturated heterocycles. The van der Waals surface area contributed by atoms with Gasteiger partial charge in [-0.3, -0.25) is 4.98 Å². The summed E-state index contributed by atoms with van der Waals surface area (Å²) < 4.78 is 5.99. The van der Waals surface area contributed by atoms with E-state index >= 15 is 0 Å². The first-order valence-corrected chi connectivity index (χ1v) is 5.81. The zero-order valence-electron chi connectivity index (χ0n) is 9.17. The Morgan fingerprint density at radius 1 is 1.31 bits per heavy atom. The zero-order valence-corrected chi connectivity index (χ0v) is 9.17. The van der Waals surface area contributed by atoms with Crippen LogP contribution in [0.4, 0.5) is 0 Å². The van der Waals surface area contributed by atoms with Gasteiger partial charge in [0.15, 0.2) is 0 Å². The van der Waals surface area contributed by atoms with Crippen molar-refractivity contribution in [2.45, 2.75) is 31.0 Å². The standard InChI is InChI=1S/C14H15NO/c1-2-3-11-12-4-5-13(16-12)14(11)10-6-8-15-9-7-10/h3,6-9,11-14H,1,4-5H2. The largest absolute Gasteiger partial charge is 0.374 e. The monoisotopic (exact) mass is 213 g/mol. The van der Waals surface area contributed by atoms with Gasteiger partial charge in [-0.05, 0) is 36.6 Å². The highest BCUT2D eigenvalue weighted by Gasteiger charge is 2.48. The molecule has 1 aromatic rings. The van der Waals surface area contributed by atoms with Crippen LogP contribution < -0.4 is 0 Å². The Labute approximate surface area is 95.7 Å². The Kier molecular flexibility index (Phi) is 2.39. The van der Waals surface area contributed by atoms with Crippen molar-refractivity contribution in [3.63, 3.8) is 0 Å². The van der Waals surface area contributed by atoms with Crippen LogP contribution in [0, 0.1) is 5.92 Å². The second-order valence-electron chi connectivity index (χ2n) is 4.54. The molecule has 1 aromatic heterocycles. The predicted octanol–water partition coefficient (Wildman–Crippen LogP) is 2.68. The lowest BCUT2D eigenvalue weighted by atomic mass is 9.76. The fourth-order valence-corrected chi connectivity index (χ4v) is 3.09. The van der Waals surface area contributed by atoms with Crippen molar-refractivity contribution in [3.05, 3.63) is 48.5 Å². The fourth-order valence-electron chi connectivity index (χ4n) is 3.09. The molecule has 2 aliphatic rings. The minimum Gasteiger partial charge on any atom is -0.374 e. The molecule has 0 spiro atoms. The van der Waals surface area contributed by atoms with E-state index in [9.17, 15) is 0 Å². The van der Waals surface area contributed by atoms with Gasteiger partial charge in [-0.15, -0.1) is 5.73 Å². The lowest BCUT2D eigenvalue weighted by molar-refractivity contribution is 0.0952. The molecule has 2 bridgehead atoms. The van der Waals surface area contributed by atoms with Gasteiger partial charge < -0.3 is 4.74 Å². The Balaban J connectivity index is 1.96. The maximum absolute atomic E-state index is 5.99. The van der Waals surface area contributed by atoms with Gasteiger partial charge in [0.2, 0.25) is 0 Å². The molecule has 4 atom stereocenters. The summed E-state index contributed by atoms with van der Waals surface area (Å²) in [5.74, 6) is 0.912. The third kappa shape index (κ3) is 1.42. The van der Waals surface area contributed by atoms with Crippen LogP contribution in [0.2, 0.25) is 0 Å². The van der Waals surface area contributed by atoms with Gasteiger partial charge in [-0.2, -0.15) is 0 Å². The molecule has 0 N–H and O–H groups in total. The molecule has 2 aliphatic heterocycles. The van der Waals surface area contributed by atoms with E-state index in [2.05, 4.69) is 35.5 Å². The molecule has 2 heteroatoms. The minimum atomic E-state index is 0.373. The van der Waals surface area contributed by atoms with Gasteiger partial charge in [0.05, 0.1) is 12.2 Å². The molecule has 0 saturated carbocycles. The van der Waals surface area contributed by atoms with Crippen LogP contribution in [0.1, 0.15) is 24.3 Å². The molecule has 16 heavy (non-hydrogen) atoms. The normalized spacial score (nSPS) is 36.0. The highest BCUT2D eigenvalue weighted by atomic mass is 16.5. The molecule has 0 radical (unpaired) electrons. The van der Waals surface area contributed by atoms with E-state index in [0.29, 0.717) is 24.0 Å². The molecule has 3 heterocycles. The first-order chi connectivity index (χ1) is 7.90. The number of hydrogen-bond acceptors (Lipinski definition) is 2. The summed E-state index contributed by atoms with van der Waals surface area (Å²) >= 11 is 0. The van der Waals surface area contributed by atoms with E-state index in [1.165, 1.54) is 18.4 Å². The summed E-state index contributed by atoms with van der Waals surface area (Å²) in [7, 11) is 0. The number of fused-ring (bicyclic) bond motifs is 2. The van der Waals surface area contributed by atoms with Crippen LogP contribution >= 0.6 is 0 Å². The van der Waals surface area contributed by atoms with E-state index in [0.717, 1.165) is 0 Å². The summed E-state index contributed by atoms with van der Waals surface area (Å²) in [6.07, 6.45) is 8.90. The van der Waals surface area contributed by atoms with E-state index in [-0.39, 0.29) is 0 Å². The van der Waals surface area contributed by atoms with Gasteiger partial charge >= 0.3 is 0 Å². The van der Waals surface area contributed by atoms with E-state index in [1.807, 2.05) is 12.4 Å². The number of pyridine rings is 1. The van der Waals surface area contributed by atoms with Crippen LogP contribution in [0.25, 0.3) is 0 Å². The maximum atomic E-state index is 5.99. The van der Waals surface area contributed by atoms with Gasteiger partial charge in [0.25, 0.3) is 0 Å². The molecule has 4 unspecified atom stereocenters. The molecule has 82 valence electrons. The summed E-state index contributed by atoms with van der Waals surface area (Å²) in [5.41, 5.74) is 4.26. The molecule has 3 rings (SSSR count). The van der Waals surface area contributed by atoms with Crippen molar-refractivity contribution >= 4 is 0 Å². The second kappa shape index (κ2) is 3.89. The molecular weight excluding hydrogens is 198 g/mol. The number of hydrogen-bond donors (Lipinski definition) is 0. The van der Waals surface area contributed by atoms with Crippen LogP contribution in [0.5, 0.6) is 0 Å². The Morgan fingerprint density at radius 2 is 2.06 bits per heavy atom. The molecular formula is C14H15NO. The molecule has 0 aliphatic carbocycles. The SMILES string of the molecule is C=C=CC1C2CCC(O2)C1c1ccncc1. The molecule has 0 amide bonds. The van der Waals surface area contributed by atoms with Crippen molar-refractivity contribution in [2.24, 2.45) is 5.92 Å². The average Bonchev–Trinajstić information content (AvgIpc) is 2.91. The summed E-state index contributed by atoms with van der Waals surface area (Å²) in [6.45, 7) is 3.69. The van der Waals surface area contributed by atoms with Crippen molar-refractivity contribution in [1.29, 1.82) is 0 Å². The van der Waals surface area contributed by atoms with Gasteiger partial charge in [-0.1, -0.05) is 6.58 Å². The number of aromatic nitrogens is 1. The number of ether oxygens (including phenoxy) is 1. The zero-order chi connectivity index (χ0) is 11.0. The second-order valence-corrected chi connectivity index (χ2v) is 4.54. The lowest BCUT2D eigenvalue weighted by Gasteiger charge is -2.25. The van der Waals surface area contributed by atoms with E-state index in [4.69, 9.17) is 4.74 Å². The molecule has 2 nitrogen and oxygen atoms in total. The quantitative estimate of drug-likeness (QED) is 0.705. The Morgan fingerprint density at radius 3 is 2.81 bits per heavy atom. The lowest BCUT2D eigenvalue weighted by Crippen LogP contribution is -2.23. The first kappa shape index (κ1) is 9.83. The van der Waals surface area contributed by atoms with Crippen molar-refractivity contribution in [3.8, 4) is 0 Å². The number of nitrogens with zero attached hydrogens (tertiary/aromatic N) is 1. The van der Waals surface area contributed by atoms with Crippen molar-refractivity contribution in [1.82, 2.24) is 4.98 Å². The smallest absolute Gasteiger partial charge is 0.0655 e. The first-order valence-electron chi connectivity index (χ1n) is 5.81. The predicted molar refractivity (Wildman–Crippen MR) is 62.1 cm³/mol. The summed E-state index contributed by atoms with van der Waals surface area (Å²) in [4.78, 5) is 4.07. The Bertz CT molecular complexity index is 422. The molecule has 2 fully saturated rings. The van der Waals surface area contributed by atoms with Gasteiger partial charge in [0.1, 0.15) is 0 Å². The topological polar surface area (TPSA) is 22.1 Å². The fraction of sp³-hybridized carbons (Fsp3) is 0.429. The third-order valence-electron chi connectivity index (χ3n) is 3.73.